The zero-order chi connectivity index (χ0) is 15.6. The van der Waals surface area contributed by atoms with Crippen molar-refractivity contribution in [1.82, 2.24) is 4.31 Å². The summed E-state index contributed by atoms with van der Waals surface area (Å²) in [5.41, 5.74) is 6.38. The first-order valence-corrected chi connectivity index (χ1v) is 8.30. The Kier molecular flexibility index (Phi) is 4.65. The summed E-state index contributed by atoms with van der Waals surface area (Å²) in [5.74, 6) is -0.600. The summed E-state index contributed by atoms with van der Waals surface area (Å²) in [6.45, 7) is 0.206. The summed E-state index contributed by atoms with van der Waals surface area (Å²) >= 11 is 2.98. The maximum absolute atomic E-state index is 13.4. The number of anilines is 1. The van der Waals surface area contributed by atoms with Gasteiger partial charge in [-0.25, -0.2) is 12.8 Å². The number of rotatable bonds is 4. The molecule has 0 saturated carbocycles. The average molecular weight is 373 g/mol. The summed E-state index contributed by atoms with van der Waals surface area (Å²) in [6, 6.07) is 11.4. The summed E-state index contributed by atoms with van der Waals surface area (Å²) in [7, 11) is -2.34. The fraction of sp³-hybridized carbons (Fsp3) is 0.143. The van der Waals surface area contributed by atoms with Crippen molar-refractivity contribution in [3.63, 3.8) is 0 Å². The van der Waals surface area contributed by atoms with Gasteiger partial charge in [0, 0.05) is 13.6 Å². The molecule has 0 aliphatic rings. The first kappa shape index (κ1) is 15.9. The Morgan fingerprint density at radius 2 is 1.86 bits per heavy atom. The van der Waals surface area contributed by atoms with Crippen molar-refractivity contribution in [2.75, 3.05) is 12.8 Å². The Labute approximate surface area is 131 Å². The second-order valence-corrected chi connectivity index (χ2v) is 7.42. The monoisotopic (exact) mass is 372 g/mol. The predicted molar refractivity (Wildman–Crippen MR) is 83.6 cm³/mol. The molecule has 2 rings (SSSR count). The summed E-state index contributed by atoms with van der Waals surface area (Å²) in [6.07, 6.45) is 0. The second-order valence-electron chi connectivity index (χ2n) is 4.55. The van der Waals surface area contributed by atoms with Crippen LogP contribution in [-0.2, 0) is 16.6 Å². The molecule has 0 heterocycles. The van der Waals surface area contributed by atoms with E-state index in [1.54, 1.807) is 0 Å². The first-order chi connectivity index (χ1) is 9.82. The number of nitrogen functional groups attached to an aromatic ring is 1. The highest BCUT2D eigenvalue weighted by molar-refractivity contribution is 9.10. The van der Waals surface area contributed by atoms with Crippen LogP contribution < -0.4 is 5.73 Å². The molecular weight excluding hydrogens is 359 g/mol. The average Bonchev–Trinajstić information content (AvgIpc) is 2.43. The zero-order valence-electron chi connectivity index (χ0n) is 11.3. The van der Waals surface area contributed by atoms with E-state index in [1.807, 2.05) is 30.3 Å². The molecule has 0 bridgehead atoms. The van der Waals surface area contributed by atoms with Crippen LogP contribution in [-0.4, -0.2) is 19.8 Å². The number of sulfonamides is 1. The van der Waals surface area contributed by atoms with Crippen LogP contribution in [0.5, 0.6) is 0 Å². The van der Waals surface area contributed by atoms with E-state index in [-0.39, 0.29) is 21.6 Å². The molecule has 0 aliphatic carbocycles. The first-order valence-electron chi connectivity index (χ1n) is 6.07. The molecule has 0 saturated heterocycles. The number of hydrogen-bond acceptors (Lipinski definition) is 3. The lowest BCUT2D eigenvalue weighted by Crippen LogP contribution is -2.27. The maximum Gasteiger partial charge on any atom is 0.245 e. The van der Waals surface area contributed by atoms with Crippen molar-refractivity contribution >= 4 is 31.6 Å². The molecule has 0 unspecified atom stereocenters. The molecule has 0 aromatic heterocycles. The molecule has 0 radical (unpaired) electrons. The summed E-state index contributed by atoms with van der Waals surface area (Å²) in [4.78, 5) is -0.116. The van der Waals surface area contributed by atoms with Crippen LogP contribution in [0.2, 0.25) is 0 Å². The van der Waals surface area contributed by atoms with Gasteiger partial charge in [-0.3, -0.25) is 0 Å². The molecule has 2 aromatic carbocycles. The normalized spacial score (nSPS) is 11.8. The minimum absolute atomic E-state index is 0.0587. The van der Waals surface area contributed by atoms with Crippen LogP contribution in [0.25, 0.3) is 0 Å². The molecule has 2 aromatic rings. The van der Waals surface area contributed by atoms with E-state index in [0.29, 0.717) is 0 Å². The lowest BCUT2D eigenvalue weighted by Gasteiger charge is -2.18. The molecule has 112 valence electrons. The molecule has 21 heavy (non-hydrogen) atoms. The number of nitrogens with zero attached hydrogens (tertiary/aromatic N) is 1. The van der Waals surface area contributed by atoms with E-state index in [4.69, 9.17) is 5.73 Å². The van der Waals surface area contributed by atoms with Crippen molar-refractivity contribution < 1.29 is 12.8 Å². The number of nitrogens with two attached hydrogens (primary N) is 1. The van der Waals surface area contributed by atoms with Crippen LogP contribution in [0.1, 0.15) is 5.56 Å². The molecule has 2 N–H and O–H groups in total. The Bertz CT molecular complexity index is 751. The lowest BCUT2D eigenvalue weighted by atomic mass is 10.2. The van der Waals surface area contributed by atoms with E-state index < -0.39 is 15.8 Å². The van der Waals surface area contributed by atoms with Gasteiger partial charge in [-0.15, -0.1) is 0 Å². The summed E-state index contributed by atoms with van der Waals surface area (Å²) in [5, 5.41) is 0. The minimum Gasteiger partial charge on any atom is -0.398 e. The molecule has 7 heteroatoms. The highest BCUT2D eigenvalue weighted by Crippen LogP contribution is 2.28. The highest BCUT2D eigenvalue weighted by Gasteiger charge is 2.24. The molecule has 0 fully saturated rings. The van der Waals surface area contributed by atoms with Crippen molar-refractivity contribution in [1.29, 1.82) is 0 Å². The quantitative estimate of drug-likeness (QED) is 0.839. The molecule has 0 spiro atoms. The van der Waals surface area contributed by atoms with Gasteiger partial charge in [0.05, 0.1) is 10.2 Å². The highest BCUT2D eigenvalue weighted by atomic mass is 79.9. The van der Waals surface area contributed by atoms with Crippen molar-refractivity contribution in [2.45, 2.75) is 11.4 Å². The third-order valence-electron chi connectivity index (χ3n) is 2.99. The van der Waals surface area contributed by atoms with E-state index in [9.17, 15) is 12.8 Å². The van der Waals surface area contributed by atoms with Gasteiger partial charge in [0.2, 0.25) is 10.0 Å². The van der Waals surface area contributed by atoms with Crippen molar-refractivity contribution in [3.05, 3.63) is 58.3 Å². The van der Waals surface area contributed by atoms with Gasteiger partial charge in [-0.1, -0.05) is 30.3 Å². The Balaban J connectivity index is 2.36. The van der Waals surface area contributed by atoms with Crippen LogP contribution >= 0.6 is 15.9 Å². The summed E-state index contributed by atoms with van der Waals surface area (Å²) < 4.78 is 39.6. The van der Waals surface area contributed by atoms with Crippen LogP contribution in [0.4, 0.5) is 10.1 Å². The maximum atomic E-state index is 13.4. The molecule has 4 nitrogen and oxygen atoms in total. The minimum atomic E-state index is -3.80. The number of benzene rings is 2. The Morgan fingerprint density at radius 1 is 1.24 bits per heavy atom. The van der Waals surface area contributed by atoms with Gasteiger partial charge in [0.25, 0.3) is 0 Å². The third-order valence-corrected chi connectivity index (χ3v) is 5.46. The van der Waals surface area contributed by atoms with E-state index in [2.05, 4.69) is 15.9 Å². The van der Waals surface area contributed by atoms with Gasteiger partial charge in [-0.2, -0.15) is 4.31 Å². The van der Waals surface area contributed by atoms with Crippen LogP contribution in [0, 0.1) is 5.82 Å². The topological polar surface area (TPSA) is 63.4 Å². The Hall–Kier alpha value is -1.44. The SMILES string of the molecule is CN(Cc1ccccc1)S(=O)(=O)c1cc(Br)c(F)cc1N. The predicted octanol–water partition coefficient (Wildman–Crippen LogP) is 2.99. The van der Waals surface area contributed by atoms with Gasteiger partial charge < -0.3 is 5.73 Å². The second kappa shape index (κ2) is 6.13. The van der Waals surface area contributed by atoms with E-state index >= 15 is 0 Å². The molecular formula is C14H14BrFN2O2S. The van der Waals surface area contributed by atoms with Crippen molar-refractivity contribution in [3.8, 4) is 0 Å². The smallest absolute Gasteiger partial charge is 0.245 e. The molecule has 0 aliphatic heterocycles. The largest absolute Gasteiger partial charge is 0.398 e. The van der Waals surface area contributed by atoms with E-state index in [1.165, 1.54) is 17.4 Å². The van der Waals surface area contributed by atoms with Crippen LogP contribution in [0.3, 0.4) is 0 Å². The van der Waals surface area contributed by atoms with Gasteiger partial charge in [-0.05, 0) is 33.6 Å². The van der Waals surface area contributed by atoms with E-state index in [0.717, 1.165) is 11.6 Å². The standard InChI is InChI=1S/C14H14BrFN2O2S/c1-18(9-10-5-3-2-4-6-10)21(19,20)14-7-11(15)12(16)8-13(14)17/h2-8H,9,17H2,1H3. The lowest BCUT2D eigenvalue weighted by molar-refractivity contribution is 0.467. The van der Waals surface area contributed by atoms with Crippen molar-refractivity contribution in [2.24, 2.45) is 0 Å². The zero-order valence-corrected chi connectivity index (χ0v) is 13.7. The Morgan fingerprint density at radius 3 is 2.48 bits per heavy atom. The molecule has 0 atom stereocenters. The molecule has 0 amide bonds. The van der Waals surface area contributed by atoms with Crippen LogP contribution in [0.15, 0.2) is 51.8 Å². The van der Waals surface area contributed by atoms with Gasteiger partial charge >= 0.3 is 0 Å². The van der Waals surface area contributed by atoms with Gasteiger partial charge in [0.15, 0.2) is 0 Å². The third kappa shape index (κ3) is 3.42. The fourth-order valence-electron chi connectivity index (χ4n) is 1.86. The number of halogens is 2. The fourth-order valence-corrected chi connectivity index (χ4v) is 3.63. The van der Waals surface area contributed by atoms with Gasteiger partial charge in [0.1, 0.15) is 10.7 Å². The number of hydrogen-bond donors (Lipinski definition) is 1.